The highest BCUT2D eigenvalue weighted by Gasteiger charge is 2.08. The quantitative estimate of drug-likeness (QED) is 0.562. The van der Waals surface area contributed by atoms with Gasteiger partial charge in [0.25, 0.3) is 0 Å². The zero-order valence-corrected chi connectivity index (χ0v) is 9.69. The average molecular weight is 221 g/mol. The molecule has 0 spiro atoms. The van der Waals surface area contributed by atoms with E-state index >= 15 is 0 Å². The molecule has 15 heavy (non-hydrogen) atoms. The van der Waals surface area contributed by atoms with E-state index in [0.717, 1.165) is 5.56 Å². The van der Waals surface area contributed by atoms with E-state index in [9.17, 15) is 4.79 Å². The van der Waals surface area contributed by atoms with Crippen molar-refractivity contribution in [2.24, 2.45) is 0 Å². The van der Waals surface area contributed by atoms with Gasteiger partial charge in [-0.1, -0.05) is 17.7 Å². The molecular weight excluding hydrogens is 208 g/mol. The third kappa shape index (κ3) is 3.42. The number of rotatable bonds is 3. The lowest BCUT2D eigenvalue weighted by atomic mass is 10.0. The lowest BCUT2D eigenvalue weighted by Crippen LogP contribution is -2.01. The molecular formula is C13H13ClO. The molecule has 1 rings (SSSR count). The second-order valence-corrected chi connectivity index (χ2v) is 3.75. The molecule has 0 aliphatic carbocycles. The molecule has 0 radical (unpaired) electrons. The zero-order chi connectivity index (χ0) is 11.3. The highest BCUT2D eigenvalue weighted by Crippen LogP contribution is 2.17. The maximum atomic E-state index is 11.8. The Balaban J connectivity index is 2.80. The topological polar surface area (TPSA) is 17.1 Å². The first-order valence-corrected chi connectivity index (χ1v) is 5.22. The fraction of sp³-hybridized carbons (Fsp3) is 0.308. The van der Waals surface area contributed by atoms with E-state index in [1.807, 2.05) is 13.0 Å². The van der Waals surface area contributed by atoms with Crippen LogP contribution in [0, 0.1) is 18.8 Å². The molecule has 1 aromatic carbocycles. The Kier molecular flexibility index (Phi) is 4.39. The summed E-state index contributed by atoms with van der Waals surface area (Å²) >= 11 is 5.84. The van der Waals surface area contributed by atoms with Crippen LogP contribution in [-0.2, 0) is 0 Å². The van der Waals surface area contributed by atoms with E-state index in [-0.39, 0.29) is 5.78 Å². The van der Waals surface area contributed by atoms with Crippen molar-refractivity contribution < 1.29 is 4.79 Å². The van der Waals surface area contributed by atoms with Gasteiger partial charge in [-0.3, -0.25) is 4.79 Å². The summed E-state index contributed by atoms with van der Waals surface area (Å²) in [4.78, 5) is 11.8. The van der Waals surface area contributed by atoms with Gasteiger partial charge >= 0.3 is 0 Å². The maximum Gasteiger partial charge on any atom is 0.164 e. The monoisotopic (exact) mass is 220 g/mol. The Labute approximate surface area is 95.5 Å². The van der Waals surface area contributed by atoms with Gasteiger partial charge in [0, 0.05) is 23.4 Å². The fourth-order valence-electron chi connectivity index (χ4n) is 1.33. The first-order valence-electron chi connectivity index (χ1n) is 4.84. The van der Waals surface area contributed by atoms with Gasteiger partial charge in [0.1, 0.15) is 0 Å². The number of hydrogen-bond acceptors (Lipinski definition) is 1. The summed E-state index contributed by atoms with van der Waals surface area (Å²) in [6, 6.07) is 5.37. The van der Waals surface area contributed by atoms with E-state index in [1.165, 1.54) is 0 Å². The molecule has 0 aromatic heterocycles. The van der Waals surface area contributed by atoms with Crippen LogP contribution in [0.2, 0.25) is 5.02 Å². The zero-order valence-electron chi connectivity index (χ0n) is 8.93. The molecule has 0 heterocycles. The maximum absolute atomic E-state index is 11.8. The molecule has 0 saturated carbocycles. The van der Waals surface area contributed by atoms with E-state index in [2.05, 4.69) is 11.8 Å². The standard InChI is InChI=1S/C13H13ClO/c1-3-4-5-6-13(15)12-9-11(14)8-7-10(12)2/h7-9H,5-6H2,1-2H3. The van der Waals surface area contributed by atoms with Crippen molar-refractivity contribution >= 4 is 17.4 Å². The van der Waals surface area contributed by atoms with Gasteiger partial charge in [0.15, 0.2) is 5.78 Å². The number of aryl methyl sites for hydroxylation is 1. The molecule has 0 saturated heterocycles. The number of carbonyl (C=O) groups excluding carboxylic acids is 1. The Morgan fingerprint density at radius 1 is 1.47 bits per heavy atom. The predicted octanol–water partition coefficient (Wildman–Crippen LogP) is 3.63. The molecule has 0 aliphatic rings. The van der Waals surface area contributed by atoms with Crippen LogP contribution in [0.4, 0.5) is 0 Å². The van der Waals surface area contributed by atoms with Gasteiger partial charge < -0.3 is 0 Å². The minimum Gasteiger partial charge on any atom is -0.294 e. The summed E-state index contributed by atoms with van der Waals surface area (Å²) in [6.07, 6.45) is 1.07. The molecule has 2 heteroatoms. The number of benzene rings is 1. The number of hydrogen-bond donors (Lipinski definition) is 0. The molecule has 0 bridgehead atoms. The van der Waals surface area contributed by atoms with Crippen LogP contribution < -0.4 is 0 Å². The second kappa shape index (κ2) is 5.58. The molecule has 0 unspecified atom stereocenters. The van der Waals surface area contributed by atoms with Gasteiger partial charge in [-0.2, -0.15) is 0 Å². The van der Waals surface area contributed by atoms with Crippen LogP contribution in [0.3, 0.4) is 0 Å². The lowest BCUT2D eigenvalue weighted by Gasteiger charge is -2.03. The number of ketones is 1. The summed E-state index contributed by atoms with van der Waals surface area (Å²) < 4.78 is 0. The van der Waals surface area contributed by atoms with Crippen LogP contribution >= 0.6 is 11.6 Å². The Bertz CT molecular complexity index is 424. The van der Waals surface area contributed by atoms with Gasteiger partial charge in [-0.05, 0) is 31.5 Å². The van der Waals surface area contributed by atoms with Crippen molar-refractivity contribution in [1.29, 1.82) is 0 Å². The van der Waals surface area contributed by atoms with E-state index in [0.29, 0.717) is 23.4 Å². The molecule has 78 valence electrons. The van der Waals surface area contributed by atoms with Gasteiger partial charge in [0.2, 0.25) is 0 Å². The highest BCUT2D eigenvalue weighted by atomic mass is 35.5. The smallest absolute Gasteiger partial charge is 0.164 e. The number of halogens is 1. The fourth-order valence-corrected chi connectivity index (χ4v) is 1.50. The highest BCUT2D eigenvalue weighted by molar-refractivity contribution is 6.31. The summed E-state index contributed by atoms with van der Waals surface area (Å²) in [5.41, 5.74) is 1.68. The summed E-state index contributed by atoms with van der Waals surface area (Å²) in [6.45, 7) is 3.68. The SMILES string of the molecule is CC#CCCC(=O)c1cc(Cl)ccc1C. The van der Waals surface area contributed by atoms with E-state index in [4.69, 9.17) is 11.6 Å². The van der Waals surface area contributed by atoms with Crippen LogP contribution in [0.15, 0.2) is 18.2 Å². The first-order chi connectivity index (χ1) is 7.15. The summed E-state index contributed by atoms with van der Waals surface area (Å²) in [5.74, 6) is 5.76. The largest absolute Gasteiger partial charge is 0.294 e. The van der Waals surface area contributed by atoms with Crippen molar-refractivity contribution in [2.45, 2.75) is 26.7 Å². The molecule has 0 N–H and O–H groups in total. The minimum atomic E-state index is 0.109. The van der Waals surface area contributed by atoms with Crippen molar-refractivity contribution in [3.05, 3.63) is 34.3 Å². The summed E-state index contributed by atoms with van der Waals surface area (Å²) in [5, 5.41) is 0.602. The van der Waals surface area contributed by atoms with Crippen molar-refractivity contribution in [2.75, 3.05) is 0 Å². The van der Waals surface area contributed by atoms with Crippen LogP contribution in [0.25, 0.3) is 0 Å². The molecule has 1 aromatic rings. The predicted molar refractivity (Wildman–Crippen MR) is 63.2 cm³/mol. The van der Waals surface area contributed by atoms with Crippen molar-refractivity contribution in [3.63, 3.8) is 0 Å². The van der Waals surface area contributed by atoms with Gasteiger partial charge in [0.05, 0.1) is 0 Å². The van der Waals surface area contributed by atoms with Crippen LogP contribution in [-0.4, -0.2) is 5.78 Å². The molecule has 0 fully saturated rings. The van der Waals surface area contributed by atoms with Gasteiger partial charge in [-0.25, -0.2) is 0 Å². The first kappa shape index (κ1) is 11.8. The Morgan fingerprint density at radius 3 is 2.87 bits per heavy atom. The van der Waals surface area contributed by atoms with Crippen molar-refractivity contribution in [3.8, 4) is 11.8 Å². The van der Waals surface area contributed by atoms with Crippen LogP contribution in [0.5, 0.6) is 0 Å². The van der Waals surface area contributed by atoms with Crippen LogP contribution in [0.1, 0.15) is 35.7 Å². The number of carbonyl (C=O) groups is 1. The van der Waals surface area contributed by atoms with E-state index in [1.54, 1.807) is 19.1 Å². The molecule has 1 nitrogen and oxygen atoms in total. The lowest BCUT2D eigenvalue weighted by molar-refractivity contribution is 0.0984. The number of Topliss-reactive ketones (excluding diaryl/α,β-unsaturated/α-hetero) is 1. The second-order valence-electron chi connectivity index (χ2n) is 3.31. The summed E-state index contributed by atoms with van der Waals surface area (Å²) in [7, 11) is 0. The van der Waals surface area contributed by atoms with Gasteiger partial charge in [-0.15, -0.1) is 11.8 Å². The Hall–Kier alpha value is -1.26. The third-order valence-electron chi connectivity index (χ3n) is 2.15. The molecule has 0 aliphatic heterocycles. The molecule has 0 atom stereocenters. The minimum absolute atomic E-state index is 0.109. The van der Waals surface area contributed by atoms with E-state index < -0.39 is 0 Å². The average Bonchev–Trinajstić information content (AvgIpc) is 2.22. The van der Waals surface area contributed by atoms with Crippen molar-refractivity contribution in [1.82, 2.24) is 0 Å². The third-order valence-corrected chi connectivity index (χ3v) is 2.39. The Morgan fingerprint density at radius 2 is 2.20 bits per heavy atom. The normalized spacial score (nSPS) is 9.27. The molecule has 0 amide bonds.